The second-order valence-electron chi connectivity index (χ2n) is 9.24. The van der Waals surface area contributed by atoms with Gasteiger partial charge in [0.1, 0.15) is 12.6 Å². The van der Waals surface area contributed by atoms with E-state index < -0.39 is 17.0 Å². The van der Waals surface area contributed by atoms with E-state index in [0.717, 1.165) is 53.4 Å². The fraction of sp³-hybridized carbons (Fsp3) is 0.360. The van der Waals surface area contributed by atoms with Gasteiger partial charge in [-0.1, -0.05) is 31.0 Å². The molecule has 1 N–H and O–H groups in total. The van der Waals surface area contributed by atoms with Crippen molar-refractivity contribution >= 4 is 28.4 Å². The van der Waals surface area contributed by atoms with Crippen molar-refractivity contribution in [2.45, 2.75) is 50.2 Å². The number of para-hydroxylation sites is 1. The molecule has 2 amide bonds. The number of fused-ring (bicyclic) bond motifs is 4. The predicted molar refractivity (Wildman–Crippen MR) is 122 cm³/mol. The largest absolute Gasteiger partial charge is 0.356 e. The summed E-state index contributed by atoms with van der Waals surface area (Å²) in [7, 11) is 0. The number of carbonyl (C=O) groups excluding carboxylic acids is 2. The highest BCUT2D eigenvalue weighted by Crippen LogP contribution is 2.43. The molecule has 0 bridgehead atoms. The zero-order valence-corrected chi connectivity index (χ0v) is 18.1. The SMILES string of the molecule is O=C1[C@H]2Cc3c([nH]c4ccccc34)[C@H](c3ccc([N+](=O)[O-])cc3)N2C(=O)CN1C1CCCC1. The Morgan fingerprint density at radius 3 is 2.45 bits per heavy atom. The molecule has 8 nitrogen and oxygen atoms in total. The molecule has 2 fully saturated rings. The molecule has 0 unspecified atom stereocenters. The van der Waals surface area contributed by atoms with E-state index in [1.807, 2.05) is 29.2 Å². The predicted octanol–water partition coefficient (Wildman–Crippen LogP) is 3.70. The Hall–Kier alpha value is -3.68. The van der Waals surface area contributed by atoms with E-state index in [9.17, 15) is 19.7 Å². The lowest BCUT2D eigenvalue weighted by Gasteiger charge is -2.48. The molecule has 2 atom stereocenters. The molecule has 1 aromatic heterocycles. The van der Waals surface area contributed by atoms with Gasteiger partial charge in [-0.2, -0.15) is 0 Å². The van der Waals surface area contributed by atoms with Crippen LogP contribution in [-0.4, -0.2) is 50.1 Å². The Morgan fingerprint density at radius 1 is 1.00 bits per heavy atom. The van der Waals surface area contributed by atoms with Crippen LogP contribution in [0.1, 0.15) is 48.5 Å². The monoisotopic (exact) mass is 444 g/mol. The van der Waals surface area contributed by atoms with E-state index in [1.54, 1.807) is 17.0 Å². The lowest BCUT2D eigenvalue weighted by molar-refractivity contribution is -0.384. The number of carbonyl (C=O) groups is 2. The second kappa shape index (κ2) is 7.43. The van der Waals surface area contributed by atoms with Crippen LogP contribution < -0.4 is 0 Å². The van der Waals surface area contributed by atoms with Crippen LogP contribution in [0.3, 0.4) is 0 Å². The minimum atomic E-state index is -0.571. The van der Waals surface area contributed by atoms with Crippen LogP contribution in [0.15, 0.2) is 48.5 Å². The molecule has 6 rings (SSSR count). The van der Waals surface area contributed by atoms with Crippen molar-refractivity contribution in [2.75, 3.05) is 6.54 Å². The van der Waals surface area contributed by atoms with Gasteiger partial charge in [0.2, 0.25) is 11.8 Å². The van der Waals surface area contributed by atoms with Gasteiger partial charge in [-0.15, -0.1) is 0 Å². The molecule has 3 aromatic rings. The Kier molecular flexibility index (Phi) is 4.50. The summed E-state index contributed by atoms with van der Waals surface area (Å²) in [5.74, 6) is -0.0523. The van der Waals surface area contributed by atoms with Crippen LogP contribution in [-0.2, 0) is 16.0 Å². The fourth-order valence-corrected chi connectivity index (χ4v) is 5.94. The first kappa shape index (κ1) is 20.0. The molecule has 2 aromatic carbocycles. The number of nitro benzene ring substituents is 1. The van der Waals surface area contributed by atoms with Crippen LogP contribution in [0.2, 0.25) is 0 Å². The van der Waals surface area contributed by atoms with Crippen LogP contribution in [0.25, 0.3) is 10.9 Å². The number of nitrogens with one attached hydrogen (secondary N) is 1. The van der Waals surface area contributed by atoms with Gasteiger partial charge in [-0.05, 0) is 42.2 Å². The number of non-ortho nitro benzene ring substituents is 1. The van der Waals surface area contributed by atoms with Crippen LogP contribution in [0.4, 0.5) is 5.69 Å². The first-order chi connectivity index (χ1) is 16.0. The zero-order valence-electron chi connectivity index (χ0n) is 18.1. The fourth-order valence-electron chi connectivity index (χ4n) is 5.94. The minimum absolute atomic E-state index is 0.00330. The molecule has 0 spiro atoms. The number of nitro groups is 1. The van der Waals surface area contributed by atoms with Crippen molar-refractivity contribution < 1.29 is 14.5 Å². The molecule has 8 heteroatoms. The maximum Gasteiger partial charge on any atom is 0.269 e. The quantitative estimate of drug-likeness (QED) is 0.492. The Morgan fingerprint density at radius 2 is 1.73 bits per heavy atom. The highest BCUT2D eigenvalue weighted by atomic mass is 16.6. The van der Waals surface area contributed by atoms with E-state index >= 15 is 0 Å². The Balaban J connectivity index is 1.49. The van der Waals surface area contributed by atoms with Crippen molar-refractivity contribution in [3.63, 3.8) is 0 Å². The van der Waals surface area contributed by atoms with Gasteiger partial charge < -0.3 is 14.8 Å². The summed E-state index contributed by atoms with van der Waals surface area (Å²) in [4.78, 5) is 45.0. The van der Waals surface area contributed by atoms with Gasteiger partial charge in [-0.25, -0.2) is 0 Å². The number of piperazine rings is 1. The van der Waals surface area contributed by atoms with E-state index in [-0.39, 0.29) is 30.1 Å². The third-order valence-electron chi connectivity index (χ3n) is 7.48. The van der Waals surface area contributed by atoms with Crippen molar-refractivity contribution in [2.24, 2.45) is 0 Å². The first-order valence-corrected chi connectivity index (χ1v) is 11.5. The molecule has 3 heterocycles. The van der Waals surface area contributed by atoms with Crippen molar-refractivity contribution in [3.8, 4) is 0 Å². The topological polar surface area (TPSA) is 99.5 Å². The van der Waals surface area contributed by atoms with Crippen molar-refractivity contribution in [3.05, 3.63) is 75.5 Å². The smallest absolute Gasteiger partial charge is 0.269 e. The van der Waals surface area contributed by atoms with Gasteiger partial charge >= 0.3 is 0 Å². The third kappa shape index (κ3) is 3.04. The van der Waals surface area contributed by atoms with E-state index in [1.165, 1.54) is 12.1 Å². The molecule has 3 aliphatic rings. The molecule has 1 aliphatic carbocycles. The Bertz CT molecular complexity index is 1280. The number of aromatic amines is 1. The maximum atomic E-state index is 13.7. The molecule has 0 radical (unpaired) electrons. The van der Waals surface area contributed by atoms with E-state index in [4.69, 9.17) is 0 Å². The number of aromatic nitrogens is 1. The number of nitrogens with zero attached hydrogens (tertiary/aromatic N) is 3. The minimum Gasteiger partial charge on any atom is -0.356 e. The lowest BCUT2D eigenvalue weighted by Crippen LogP contribution is -2.64. The molecular weight excluding hydrogens is 420 g/mol. The maximum absolute atomic E-state index is 13.7. The number of hydrogen-bond acceptors (Lipinski definition) is 4. The Labute approximate surface area is 190 Å². The lowest BCUT2D eigenvalue weighted by atomic mass is 9.86. The van der Waals surface area contributed by atoms with Crippen molar-refractivity contribution in [1.29, 1.82) is 0 Å². The van der Waals surface area contributed by atoms with E-state index in [0.29, 0.717) is 6.42 Å². The van der Waals surface area contributed by atoms with Crippen LogP contribution in [0, 0.1) is 10.1 Å². The summed E-state index contributed by atoms with van der Waals surface area (Å²) < 4.78 is 0. The zero-order chi connectivity index (χ0) is 22.7. The summed E-state index contributed by atoms with van der Waals surface area (Å²) in [6, 6.07) is 13.4. The number of amides is 2. The normalized spacial score (nSPS) is 23.2. The summed E-state index contributed by atoms with van der Waals surface area (Å²) in [6.07, 6.45) is 4.56. The van der Waals surface area contributed by atoms with Crippen LogP contribution in [0.5, 0.6) is 0 Å². The van der Waals surface area contributed by atoms with Crippen molar-refractivity contribution in [1.82, 2.24) is 14.8 Å². The summed E-state index contributed by atoms with van der Waals surface area (Å²) >= 11 is 0. The highest BCUT2D eigenvalue weighted by molar-refractivity contribution is 5.97. The van der Waals surface area contributed by atoms with E-state index in [2.05, 4.69) is 4.98 Å². The van der Waals surface area contributed by atoms with Gasteiger partial charge in [0.15, 0.2) is 0 Å². The molecule has 1 saturated carbocycles. The number of H-pyrrole nitrogens is 1. The average molecular weight is 444 g/mol. The number of benzene rings is 2. The summed E-state index contributed by atoms with van der Waals surface area (Å²) in [6.45, 7) is 0.0963. The molecule has 2 aliphatic heterocycles. The average Bonchev–Trinajstić information content (AvgIpc) is 3.48. The molecule has 168 valence electrons. The van der Waals surface area contributed by atoms with Gasteiger partial charge in [0.25, 0.3) is 5.69 Å². The molecule has 33 heavy (non-hydrogen) atoms. The van der Waals surface area contributed by atoms with Gasteiger partial charge in [-0.3, -0.25) is 19.7 Å². The first-order valence-electron chi connectivity index (χ1n) is 11.5. The summed E-state index contributed by atoms with van der Waals surface area (Å²) in [5.41, 5.74) is 3.65. The molecule has 1 saturated heterocycles. The highest BCUT2D eigenvalue weighted by Gasteiger charge is 2.49. The standard InChI is InChI=1S/C25H24N4O4/c30-22-14-27(16-5-1-2-6-16)25(31)21-13-19-18-7-3-4-8-20(18)26-23(19)24(28(21)22)15-9-11-17(12-10-15)29(32)33/h3-4,7-12,16,21,24,26H,1-2,5-6,13-14H2/t21-,24+/m1/s1. The van der Waals surface area contributed by atoms with Gasteiger partial charge in [0.05, 0.1) is 11.0 Å². The molecular formula is C25H24N4O4. The number of hydrogen-bond donors (Lipinski definition) is 1. The van der Waals surface area contributed by atoms with Gasteiger partial charge in [0, 0.05) is 41.2 Å². The second-order valence-corrected chi connectivity index (χ2v) is 9.24. The van der Waals surface area contributed by atoms with Crippen LogP contribution >= 0.6 is 0 Å². The third-order valence-corrected chi connectivity index (χ3v) is 7.48. The summed E-state index contributed by atoms with van der Waals surface area (Å²) in [5, 5.41) is 12.2. The number of rotatable bonds is 3.